The molecule has 0 spiro atoms. The number of benzene rings is 1. The molecule has 0 radical (unpaired) electrons. The van der Waals surface area contributed by atoms with Crippen molar-refractivity contribution in [2.24, 2.45) is 0 Å². The van der Waals surface area contributed by atoms with Crippen molar-refractivity contribution in [2.75, 3.05) is 55.7 Å². The van der Waals surface area contributed by atoms with E-state index in [2.05, 4.69) is 10.2 Å². The maximum Gasteiger partial charge on any atom is 0.414 e. The van der Waals surface area contributed by atoms with Gasteiger partial charge in [0.05, 0.1) is 18.1 Å². The van der Waals surface area contributed by atoms with Gasteiger partial charge in [0.25, 0.3) is 0 Å². The number of aliphatic hydroxyl groups excluding tert-OH is 1. The molecule has 2 amide bonds. The molecule has 2 aliphatic rings. The number of piperazine rings is 1. The molecule has 1 aromatic carbocycles. The van der Waals surface area contributed by atoms with E-state index in [0.717, 1.165) is 22.8 Å². The molecule has 3 rings (SSSR count). The molecule has 0 aliphatic carbocycles. The van der Waals surface area contributed by atoms with Crippen LogP contribution in [0.4, 0.5) is 16.2 Å². The Bertz CT molecular complexity index is 736. The second-order valence-corrected chi connectivity index (χ2v) is 7.31. The van der Waals surface area contributed by atoms with Gasteiger partial charge in [-0.2, -0.15) is 0 Å². The van der Waals surface area contributed by atoms with Crippen LogP contribution in [0, 0.1) is 0 Å². The van der Waals surface area contributed by atoms with Crippen LogP contribution in [0.15, 0.2) is 24.3 Å². The fourth-order valence-corrected chi connectivity index (χ4v) is 3.45. The first-order valence-electron chi connectivity index (χ1n) is 9.50. The van der Waals surface area contributed by atoms with Crippen molar-refractivity contribution in [1.29, 1.82) is 0 Å². The minimum Gasteiger partial charge on any atom is -0.442 e. The van der Waals surface area contributed by atoms with E-state index in [1.54, 1.807) is 9.80 Å². The number of rotatable bonds is 6. The summed E-state index contributed by atoms with van der Waals surface area (Å²) in [7, 11) is 0. The van der Waals surface area contributed by atoms with Crippen molar-refractivity contribution >= 4 is 40.6 Å². The third-order valence-corrected chi connectivity index (χ3v) is 5.43. The minimum absolute atomic E-state index is 0.240. The first kappa shape index (κ1) is 20.3. The van der Waals surface area contributed by atoms with Gasteiger partial charge in [-0.15, -0.1) is 0 Å². The third-order valence-electron chi connectivity index (χ3n) is 5.00. The Labute approximate surface area is 170 Å². The number of amides is 2. The Balaban J connectivity index is 1.61. The maximum absolute atomic E-state index is 12.3. The molecule has 2 saturated heterocycles. The van der Waals surface area contributed by atoms with Crippen LogP contribution < -0.4 is 15.1 Å². The Morgan fingerprint density at radius 1 is 1.29 bits per heavy atom. The molecule has 1 atom stereocenters. The number of carbonyl (C=O) groups excluding carboxylic acids is 2. The number of anilines is 2. The van der Waals surface area contributed by atoms with Gasteiger partial charge in [0.2, 0.25) is 5.91 Å². The summed E-state index contributed by atoms with van der Waals surface area (Å²) in [6.45, 7) is 5.01. The van der Waals surface area contributed by atoms with Crippen LogP contribution in [0.25, 0.3) is 0 Å². The van der Waals surface area contributed by atoms with Crippen LogP contribution in [0.2, 0.25) is 0 Å². The Kier molecular flexibility index (Phi) is 6.69. The van der Waals surface area contributed by atoms with Gasteiger partial charge in [-0.25, -0.2) is 4.79 Å². The Morgan fingerprint density at radius 3 is 2.68 bits per heavy atom. The number of nitrogens with zero attached hydrogens (tertiary/aromatic N) is 3. The summed E-state index contributed by atoms with van der Waals surface area (Å²) in [4.78, 5) is 30.1. The van der Waals surface area contributed by atoms with Crippen LogP contribution >= 0.6 is 12.2 Å². The SMILES string of the molecule is CCC(=S)NCC1CN(c2cccc(N3CCN(C(=O)CO)CC3)c2)C(=O)O1. The third kappa shape index (κ3) is 4.71. The molecule has 2 aliphatic heterocycles. The lowest BCUT2D eigenvalue weighted by Crippen LogP contribution is -2.49. The Morgan fingerprint density at radius 2 is 2.00 bits per heavy atom. The summed E-state index contributed by atoms with van der Waals surface area (Å²) in [5.41, 5.74) is 1.78. The molecule has 1 unspecified atom stereocenters. The summed E-state index contributed by atoms with van der Waals surface area (Å²) < 4.78 is 5.44. The fraction of sp³-hybridized carbons (Fsp3) is 0.526. The highest BCUT2D eigenvalue weighted by molar-refractivity contribution is 7.80. The molecule has 0 bridgehead atoms. The molecule has 1 aromatic rings. The molecule has 2 heterocycles. The molecular weight excluding hydrogens is 380 g/mol. The smallest absolute Gasteiger partial charge is 0.414 e. The number of nitrogens with one attached hydrogen (secondary N) is 1. The Hall–Kier alpha value is -2.39. The number of thiocarbonyl (C=S) groups is 1. The van der Waals surface area contributed by atoms with Crippen molar-refractivity contribution in [2.45, 2.75) is 19.4 Å². The maximum atomic E-state index is 12.3. The van der Waals surface area contributed by atoms with Crippen LogP contribution in [0.3, 0.4) is 0 Å². The van der Waals surface area contributed by atoms with E-state index >= 15 is 0 Å². The number of hydrogen-bond acceptors (Lipinski definition) is 6. The van der Waals surface area contributed by atoms with Gasteiger partial charge in [-0.3, -0.25) is 9.69 Å². The molecule has 0 aromatic heterocycles. The van der Waals surface area contributed by atoms with Gasteiger partial charge in [0, 0.05) is 37.6 Å². The number of aliphatic hydroxyl groups is 1. The van der Waals surface area contributed by atoms with E-state index in [0.29, 0.717) is 39.3 Å². The van der Waals surface area contributed by atoms with Crippen LogP contribution in [0.5, 0.6) is 0 Å². The number of hydrogen-bond donors (Lipinski definition) is 2. The van der Waals surface area contributed by atoms with Crippen molar-refractivity contribution in [3.8, 4) is 0 Å². The molecule has 2 fully saturated rings. The molecule has 2 N–H and O–H groups in total. The summed E-state index contributed by atoms with van der Waals surface area (Å²) >= 11 is 5.15. The molecule has 8 nitrogen and oxygen atoms in total. The van der Waals surface area contributed by atoms with Gasteiger partial charge in [-0.1, -0.05) is 25.2 Å². The predicted octanol–water partition coefficient (Wildman–Crippen LogP) is 0.980. The lowest BCUT2D eigenvalue weighted by atomic mass is 10.2. The van der Waals surface area contributed by atoms with E-state index < -0.39 is 6.61 Å². The number of cyclic esters (lactones) is 1. The van der Waals surface area contributed by atoms with E-state index in [1.165, 1.54) is 0 Å². The van der Waals surface area contributed by atoms with Crippen molar-refractivity contribution in [3.63, 3.8) is 0 Å². The number of carbonyl (C=O) groups is 2. The van der Waals surface area contributed by atoms with Gasteiger partial charge in [-0.05, 0) is 24.6 Å². The molecule has 9 heteroatoms. The van der Waals surface area contributed by atoms with E-state index in [4.69, 9.17) is 22.1 Å². The van der Waals surface area contributed by atoms with Crippen LogP contribution in [0.1, 0.15) is 13.3 Å². The van der Waals surface area contributed by atoms with E-state index in [1.807, 2.05) is 31.2 Å². The second kappa shape index (κ2) is 9.20. The van der Waals surface area contributed by atoms with Gasteiger partial charge in [0.1, 0.15) is 12.7 Å². The second-order valence-electron chi connectivity index (χ2n) is 6.82. The largest absolute Gasteiger partial charge is 0.442 e. The predicted molar refractivity (Wildman–Crippen MR) is 111 cm³/mol. The highest BCUT2D eigenvalue weighted by Crippen LogP contribution is 2.27. The van der Waals surface area contributed by atoms with Gasteiger partial charge < -0.3 is 25.0 Å². The van der Waals surface area contributed by atoms with E-state index in [-0.39, 0.29) is 18.1 Å². The van der Waals surface area contributed by atoms with Gasteiger partial charge >= 0.3 is 6.09 Å². The summed E-state index contributed by atoms with van der Waals surface area (Å²) in [6.07, 6.45) is 0.164. The molecule has 152 valence electrons. The monoisotopic (exact) mass is 406 g/mol. The normalized spacial score (nSPS) is 19.6. The zero-order valence-corrected chi connectivity index (χ0v) is 16.8. The van der Waals surface area contributed by atoms with Crippen LogP contribution in [-0.2, 0) is 9.53 Å². The highest BCUT2D eigenvalue weighted by Gasteiger charge is 2.32. The average Bonchev–Trinajstić information content (AvgIpc) is 3.12. The van der Waals surface area contributed by atoms with Gasteiger partial charge in [0.15, 0.2) is 0 Å². The van der Waals surface area contributed by atoms with Crippen LogP contribution in [-0.4, -0.2) is 79.0 Å². The lowest BCUT2D eigenvalue weighted by molar-refractivity contribution is -0.134. The molecule has 0 saturated carbocycles. The standard InChI is InChI=1S/C19H26N4O4S/c1-2-17(28)20-11-16-12-23(19(26)27-16)15-5-3-4-14(10-15)21-6-8-22(9-7-21)18(25)13-24/h3-5,10,16,24H,2,6-9,11-13H2,1H3,(H,20,28). The summed E-state index contributed by atoms with van der Waals surface area (Å²) in [6, 6.07) is 7.77. The topological polar surface area (TPSA) is 85.4 Å². The van der Waals surface area contributed by atoms with Crippen molar-refractivity contribution < 1.29 is 19.4 Å². The summed E-state index contributed by atoms with van der Waals surface area (Å²) in [5, 5.41) is 12.1. The molecule has 28 heavy (non-hydrogen) atoms. The summed E-state index contributed by atoms with van der Waals surface area (Å²) in [5.74, 6) is -0.240. The fourth-order valence-electron chi connectivity index (χ4n) is 3.36. The zero-order valence-electron chi connectivity index (χ0n) is 16.0. The minimum atomic E-state index is -0.453. The number of ether oxygens (including phenoxy) is 1. The first-order chi connectivity index (χ1) is 13.5. The van der Waals surface area contributed by atoms with E-state index in [9.17, 15) is 9.59 Å². The highest BCUT2D eigenvalue weighted by atomic mass is 32.1. The zero-order chi connectivity index (χ0) is 20.1. The lowest BCUT2D eigenvalue weighted by Gasteiger charge is -2.36. The first-order valence-corrected chi connectivity index (χ1v) is 9.91. The van der Waals surface area contributed by atoms with Crippen molar-refractivity contribution in [3.05, 3.63) is 24.3 Å². The molecular formula is C19H26N4O4S. The average molecular weight is 407 g/mol. The quantitative estimate of drug-likeness (QED) is 0.681. The van der Waals surface area contributed by atoms with Crippen molar-refractivity contribution in [1.82, 2.24) is 10.2 Å².